The lowest BCUT2D eigenvalue weighted by Crippen LogP contribution is -2.29. The number of carbonyl (C=O) groups excluding carboxylic acids is 1. The smallest absolute Gasteiger partial charge is 0.223 e. The number of fused-ring (bicyclic) bond motifs is 1. The minimum Gasteiger partial charge on any atom is -0.339 e. The molecule has 0 spiro atoms. The summed E-state index contributed by atoms with van der Waals surface area (Å²) in [5, 5.41) is 4.15. The van der Waals surface area contributed by atoms with E-state index in [0.717, 1.165) is 23.6 Å². The molecule has 0 saturated carbocycles. The number of nitrogens with zero attached hydrogens (tertiary/aromatic N) is 2. The molecule has 0 aliphatic rings. The lowest BCUT2D eigenvalue weighted by molar-refractivity contribution is -0.130. The van der Waals surface area contributed by atoms with Crippen molar-refractivity contribution in [3.63, 3.8) is 0 Å². The van der Waals surface area contributed by atoms with Crippen molar-refractivity contribution in [3.8, 4) is 0 Å². The first-order valence-corrected chi connectivity index (χ1v) is 7.31. The van der Waals surface area contributed by atoms with E-state index in [-0.39, 0.29) is 5.91 Å². The van der Waals surface area contributed by atoms with Crippen molar-refractivity contribution in [2.45, 2.75) is 19.9 Å². The van der Waals surface area contributed by atoms with Gasteiger partial charge in [0.15, 0.2) is 0 Å². The molecule has 0 radical (unpaired) electrons. The quantitative estimate of drug-likeness (QED) is 0.824. The molecule has 5 heteroatoms. The van der Waals surface area contributed by atoms with Gasteiger partial charge in [-0.05, 0) is 18.7 Å². The van der Waals surface area contributed by atoms with Crippen LogP contribution in [-0.2, 0) is 11.3 Å². The second-order valence-corrected chi connectivity index (χ2v) is 5.54. The number of aromatic nitrogens is 1. The fourth-order valence-electron chi connectivity index (χ4n) is 1.84. The summed E-state index contributed by atoms with van der Waals surface area (Å²) in [6.45, 7) is 4.26. The first-order chi connectivity index (χ1) is 9.20. The number of carbonyl (C=O) groups is 1. The van der Waals surface area contributed by atoms with E-state index in [4.69, 9.17) is 0 Å². The number of amides is 1. The average Bonchev–Trinajstić information content (AvgIpc) is 2.80. The maximum atomic E-state index is 11.9. The van der Waals surface area contributed by atoms with Crippen molar-refractivity contribution in [2.24, 2.45) is 0 Å². The van der Waals surface area contributed by atoms with Gasteiger partial charge in [0.25, 0.3) is 0 Å². The number of hydrogen-bond acceptors (Lipinski definition) is 4. The Morgan fingerprint density at radius 2 is 2.21 bits per heavy atom. The Bertz CT molecular complexity index is 519. The van der Waals surface area contributed by atoms with Crippen LogP contribution in [-0.4, -0.2) is 35.9 Å². The van der Waals surface area contributed by atoms with Crippen molar-refractivity contribution in [1.29, 1.82) is 0 Å². The highest BCUT2D eigenvalue weighted by molar-refractivity contribution is 7.18. The molecular formula is C14H19N3OS. The Balaban J connectivity index is 1.94. The van der Waals surface area contributed by atoms with Gasteiger partial charge in [-0.15, -0.1) is 11.3 Å². The van der Waals surface area contributed by atoms with Gasteiger partial charge < -0.3 is 10.2 Å². The number of nitrogens with one attached hydrogen (secondary N) is 1. The molecule has 0 atom stereocenters. The molecule has 19 heavy (non-hydrogen) atoms. The fourth-order valence-corrected chi connectivity index (χ4v) is 2.86. The van der Waals surface area contributed by atoms with E-state index in [1.54, 1.807) is 16.2 Å². The van der Waals surface area contributed by atoms with E-state index < -0.39 is 0 Å². The molecule has 0 aliphatic heterocycles. The lowest BCUT2D eigenvalue weighted by atomic mass is 10.3. The summed E-state index contributed by atoms with van der Waals surface area (Å²) in [5.41, 5.74) is 1.01. The molecule has 1 aromatic carbocycles. The first-order valence-electron chi connectivity index (χ1n) is 6.50. The third-order valence-electron chi connectivity index (χ3n) is 2.90. The second kappa shape index (κ2) is 6.63. The number of thiazole rings is 1. The SMILES string of the molecule is CCNCCC(=O)N(C)Cc1nc2ccccc2s1. The van der Waals surface area contributed by atoms with Crippen LogP contribution in [0.5, 0.6) is 0 Å². The van der Waals surface area contributed by atoms with Gasteiger partial charge in [0, 0.05) is 20.0 Å². The summed E-state index contributed by atoms with van der Waals surface area (Å²) in [7, 11) is 1.83. The monoisotopic (exact) mass is 277 g/mol. The molecule has 0 saturated heterocycles. The number of benzene rings is 1. The minimum absolute atomic E-state index is 0.153. The Morgan fingerprint density at radius 1 is 1.42 bits per heavy atom. The second-order valence-electron chi connectivity index (χ2n) is 4.43. The van der Waals surface area contributed by atoms with Crippen LogP contribution in [0.2, 0.25) is 0 Å². The summed E-state index contributed by atoms with van der Waals surface area (Å²) >= 11 is 1.65. The molecule has 1 N–H and O–H groups in total. The topological polar surface area (TPSA) is 45.2 Å². The molecule has 2 rings (SSSR count). The maximum Gasteiger partial charge on any atom is 0.223 e. The normalized spacial score (nSPS) is 10.8. The number of para-hydroxylation sites is 1. The van der Waals surface area contributed by atoms with Crippen LogP contribution >= 0.6 is 11.3 Å². The van der Waals surface area contributed by atoms with Gasteiger partial charge in [0.1, 0.15) is 5.01 Å². The predicted molar refractivity (Wildman–Crippen MR) is 79.3 cm³/mol. The maximum absolute atomic E-state index is 11.9. The van der Waals surface area contributed by atoms with E-state index in [9.17, 15) is 4.79 Å². The molecule has 0 bridgehead atoms. The van der Waals surface area contributed by atoms with Crippen molar-refractivity contribution in [1.82, 2.24) is 15.2 Å². The molecule has 0 aliphatic carbocycles. The predicted octanol–water partition coefficient (Wildman–Crippen LogP) is 2.25. The van der Waals surface area contributed by atoms with Crippen LogP contribution in [0.4, 0.5) is 0 Å². The molecule has 1 amide bonds. The molecule has 1 heterocycles. The van der Waals surface area contributed by atoms with E-state index in [1.165, 1.54) is 4.70 Å². The van der Waals surface area contributed by atoms with Crippen LogP contribution in [0.15, 0.2) is 24.3 Å². The van der Waals surface area contributed by atoms with Gasteiger partial charge in [0.05, 0.1) is 16.8 Å². The zero-order chi connectivity index (χ0) is 13.7. The van der Waals surface area contributed by atoms with E-state index in [2.05, 4.69) is 16.4 Å². The van der Waals surface area contributed by atoms with E-state index >= 15 is 0 Å². The number of rotatable bonds is 6. The third kappa shape index (κ3) is 3.75. The van der Waals surface area contributed by atoms with Crippen molar-refractivity contribution in [2.75, 3.05) is 20.1 Å². The summed E-state index contributed by atoms with van der Waals surface area (Å²) in [6, 6.07) is 8.05. The summed E-state index contributed by atoms with van der Waals surface area (Å²) in [5.74, 6) is 0.153. The summed E-state index contributed by atoms with van der Waals surface area (Å²) < 4.78 is 1.17. The van der Waals surface area contributed by atoms with Crippen molar-refractivity contribution >= 4 is 27.5 Å². The minimum atomic E-state index is 0.153. The highest BCUT2D eigenvalue weighted by Crippen LogP contribution is 2.22. The fraction of sp³-hybridized carbons (Fsp3) is 0.429. The Labute approximate surface area is 117 Å². The van der Waals surface area contributed by atoms with Gasteiger partial charge in [-0.2, -0.15) is 0 Å². The largest absolute Gasteiger partial charge is 0.339 e. The van der Waals surface area contributed by atoms with Crippen LogP contribution in [0, 0.1) is 0 Å². The molecule has 2 aromatic rings. The summed E-state index contributed by atoms with van der Waals surface area (Å²) in [6.07, 6.45) is 0.537. The van der Waals surface area contributed by atoms with Crippen LogP contribution in [0.25, 0.3) is 10.2 Å². The first kappa shape index (κ1) is 14.0. The highest BCUT2D eigenvalue weighted by Gasteiger charge is 2.11. The van der Waals surface area contributed by atoms with Gasteiger partial charge in [0.2, 0.25) is 5.91 Å². The third-order valence-corrected chi connectivity index (χ3v) is 3.92. The van der Waals surface area contributed by atoms with E-state index in [1.807, 2.05) is 32.2 Å². The molecule has 0 unspecified atom stereocenters. The average molecular weight is 277 g/mol. The lowest BCUT2D eigenvalue weighted by Gasteiger charge is -2.15. The molecule has 4 nitrogen and oxygen atoms in total. The Kier molecular flexibility index (Phi) is 4.87. The zero-order valence-corrected chi connectivity index (χ0v) is 12.2. The Morgan fingerprint density at radius 3 is 2.95 bits per heavy atom. The van der Waals surface area contributed by atoms with Crippen LogP contribution in [0.1, 0.15) is 18.4 Å². The van der Waals surface area contributed by atoms with Gasteiger partial charge >= 0.3 is 0 Å². The van der Waals surface area contributed by atoms with Gasteiger partial charge in [-0.25, -0.2) is 4.98 Å². The van der Waals surface area contributed by atoms with Crippen LogP contribution in [0.3, 0.4) is 0 Å². The highest BCUT2D eigenvalue weighted by atomic mass is 32.1. The van der Waals surface area contributed by atoms with Crippen LogP contribution < -0.4 is 5.32 Å². The van der Waals surface area contributed by atoms with Crippen molar-refractivity contribution in [3.05, 3.63) is 29.3 Å². The molecule has 1 aromatic heterocycles. The zero-order valence-electron chi connectivity index (χ0n) is 11.3. The van der Waals surface area contributed by atoms with Crippen molar-refractivity contribution < 1.29 is 4.79 Å². The molecule has 102 valence electrons. The van der Waals surface area contributed by atoms with E-state index in [0.29, 0.717) is 13.0 Å². The number of hydrogen-bond donors (Lipinski definition) is 1. The molecule has 0 fully saturated rings. The molecular weight excluding hydrogens is 258 g/mol. The standard InChI is InChI=1S/C14H19N3OS/c1-3-15-9-8-14(18)17(2)10-13-16-11-6-4-5-7-12(11)19-13/h4-7,15H,3,8-10H2,1-2H3. The van der Waals surface area contributed by atoms with Gasteiger partial charge in [-0.1, -0.05) is 19.1 Å². The Hall–Kier alpha value is -1.46. The summed E-state index contributed by atoms with van der Waals surface area (Å²) in [4.78, 5) is 18.2. The van der Waals surface area contributed by atoms with Gasteiger partial charge in [-0.3, -0.25) is 4.79 Å².